The lowest BCUT2D eigenvalue weighted by atomic mass is 9.96. The van der Waals surface area contributed by atoms with Crippen LogP contribution in [0, 0.1) is 17.7 Å². The van der Waals surface area contributed by atoms with Gasteiger partial charge in [-0.1, -0.05) is 32.9 Å². The van der Waals surface area contributed by atoms with Crippen LogP contribution < -0.4 is 5.32 Å². The Kier molecular flexibility index (Phi) is 7.02. The first kappa shape index (κ1) is 18.1. The number of aliphatic carboxylic acids is 1. The van der Waals surface area contributed by atoms with E-state index in [1.165, 1.54) is 12.1 Å². The number of nitrogens with one attached hydrogen (secondary N) is 1. The molecule has 0 bridgehead atoms. The molecule has 0 radical (unpaired) electrons. The number of rotatable bonds is 8. The molecule has 1 aromatic rings. The van der Waals surface area contributed by atoms with E-state index in [0.29, 0.717) is 6.42 Å². The SMILES string of the molecule is CC(C)CC(CNC(=O)CC(C)c1cccc(F)c1)C(=O)O. The van der Waals surface area contributed by atoms with Gasteiger partial charge in [0, 0.05) is 13.0 Å². The van der Waals surface area contributed by atoms with Crippen molar-refractivity contribution in [3.05, 3.63) is 35.6 Å². The highest BCUT2D eigenvalue weighted by atomic mass is 19.1. The fraction of sp³-hybridized carbons (Fsp3) is 0.529. The standard InChI is InChI=1S/C17H24FNO3/c1-11(2)7-14(17(21)22)10-19-16(20)8-12(3)13-5-4-6-15(18)9-13/h4-6,9,11-12,14H,7-8,10H2,1-3H3,(H,19,20)(H,21,22). The molecular formula is C17H24FNO3. The van der Waals surface area contributed by atoms with E-state index in [9.17, 15) is 14.0 Å². The lowest BCUT2D eigenvalue weighted by Gasteiger charge is -2.17. The number of halogens is 1. The van der Waals surface area contributed by atoms with Gasteiger partial charge in [-0.15, -0.1) is 0 Å². The summed E-state index contributed by atoms with van der Waals surface area (Å²) in [6.07, 6.45) is 0.729. The Morgan fingerprint density at radius 3 is 2.50 bits per heavy atom. The Balaban J connectivity index is 2.50. The fourth-order valence-electron chi connectivity index (χ4n) is 2.36. The van der Waals surface area contributed by atoms with Gasteiger partial charge in [0.2, 0.25) is 5.91 Å². The van der Waals surface area contributed by atoms with Crippen LogP contribution in [0.4, 0.5) is 4.39 Å². The Morgan fingerprint density at radius 2 is 1.95 bits per heavy atom. The topological polar surface area (TPSA) is 66.4 Å². The van der Waals surface area contributed by atoms with Crippen LogP contribution in [-0.2, 0) is 9.59 Å². The summed E-state index contributed by atoms with van der Waals surface area (Å²) >= 11 is 0. The first-order valence-electron chi connectivity index (χ1n) is 7.54. The fourth-order valence-corrected chi connectivity index (χ4v) is 2.36. The third-order valence-electron chi connectivity index (χ3n) is 3.56. The van der Waals surface area contributed by atoms with Gasteiger partial charge in [-0.3, -0.25) is 9.59 Å². The molecule has 0 saturated carbocycles. The van der Waals surface area contributed by atoms with Crippen molar-refractivity contribution in [2.45, 2.75) is 39.5 Å². The molecule has 2 atom stereocenters. The van der Waals surface area contributed by atoms with Crippen molar-refractivity contribution >= 4 is 11.9 Å². The number of benzene rings is 1. The van der Waals surface area contributed by atoms with Gasteiger partial charge in [0.15, 0.2) is 0 Å². The van der Waals surface area contributed by atoms with Crippen LogP contribution in [0.15, 0.2) is 24.3 Å². The molecule has 2 N–H and O–H groups in total. The lowest BCUT2D eigenvalue weighted by Crippen LogP contribution is -2.34. The van der Waals surface area contributed by atoms with E-state index >= 15 is 0 Å². The van der Waals surface area contributed by atoms with Gasteiger partial charge in [-0.05, 0) is 36.0 Å². The zero-order valence-corrected chi connectivity index (χ0v) is 13.3. The Hall–Kier alpha value is -1.91. The smallest absolute Gasteiger partial charge is 0.308 e. The average Bonchev–Trinajstić information content (AvgIpc) is 2.42. The summed E-state index contributed by atoms with van der Waals surface area (Å²) in [7, 11) is 0. The van der Waals surface area contributed by atoms with E-state index in [0.717, 1.165) is 5.56 Å². The van der Waals surface area contributed by atoms with Crippen molar-refractivity contribution in [2.24, 2.45) is 11.8 Å². The third kappa shape index (κ3) is 6.24. The highest BCUT2D eigenvalue weighted by molar-refractivity contribution is 5.78. The summed E-state index contributed by atoms with van der Waals surface area (Å²) < 4.78 is 13.2. The van der Waals surface area contributed by atoms with Gasteiger partial charge < -0.3 is 10.4 Å². The number of hydrogen-bond acceptors (Lipinski definition) is 2. The van der Waals surface area contributed by atoms with Gasteiger partial charge in [-0.2, -0.15) is 0 Å². The molecule has 22 heavy (non-hydrogen) atoms. The van der Waals surface area contributed by atoms with Gasteiger partial charge in [0.1, 0.15) is 5.82 Å². The van der Waals surface area contributed by atoms with Crippen LogP contribution in [0.2, 0.25) is 0 Å². The zero-order valence-electron chi connectivity index (χ0n) is 13.3. The highest BCUT2D eigenvalue weighted by Gasteiger charge is 2.20. The summed E-state index contributed by atoms with van der Waals surface area (Å²) in [5.74, 6) is -1.88. The van der Waals surface area contributed by atoms with Crippen molar-refractivity contribution in [3.8, 4) is 0 Å². The second-order valence-corrected chi connectivity index (χ2v) is 6.13. The maximum absolute atomic E-state index is 13.2. The van der Waals surface area contributed by atoms with E-state index in [1.807, 2.05) is 20.8 Å². The molecule has 2 unspecified atom stereocenters. The number of carbonyl (C=O) groups is 2. The highest BCUT2D eigenvalue weighted by Crippen LogP contribution is 2.19. The van der Waals surface area contributed by atoms with Crippen LogP contribution in [0.3, 0.4) is 0 Å². The van der Waals surface area contributed by atoms with Crippen molar-refractivity contribution < 1.29 is 19.1 Å². The van der Waals surface area contributed by atoms with Crippen LogP contribution in [0.25, 0.3) is 0 Å². The molecule has 0 fully saturated rings. The maximum atomic E-state index is 13.2. The number of hydrogen-bond donors (Lipinski definition) is 2. The number of amides is 1. The number of carbonyl (C=O) groups excluding carboxylic acids is 1. The summed E-state index contributed by atoms with van der Waals surface area (Å²) in [6.45, 7) is 5.87. The van der Waals surface area contributed by atoms with Gasteiger partial charge in [-0.25, -0.2) is 4.39 Å². The zero-order chi connectivity index (χ0) is 16.7. The van der Waals surface area contributed by atoms with E-state index in [2.05, 4.69) is 5.32 Å². The molecule has 1 rings (SSSR count). The summed E-state index contributed by atoms with van der Waals surface area (Å²) in [6, 6.07) is 6.17. The van der Waals surface area contributed by atoms with Crippen molar-refractivity contribution in [3.63, 3.8) is 0 Å². The molecule has 0 aliphatic rings. The van der Waals surface area contributed by atoms with E-state index < -0.39 is 11.9 Å². The Bertz CT molecular complexity index is 516. The van der Waals surface area contributed by atoms with Crippen LogP contribution >= 0.6 is 0 Å². The molecule has 0 spiro atoms. The third-order valence-corrected chi connectivity index (χ3v) is 3.56. The predicted molar refractivity (Wildman–Crippen MR) is 83.0 cm³/mol. The van der Waals surface area contributed by atoms with E-state index in [1.54, 1.807) is 12.1 Å². The minimum Gasteiger partial charge on any atom is -0.481 e. The summed E-state index contributed by atoms with van der Waals surface area (Å²) in [5, 5.41) is 11.8. The molecule has 0 heterocycles. The van der Waals surface area contributed by atoms with Gasteiger partial charge in [0.25, 0.3) is 0 Å². The predicted octanol–water partition coefficient (Wildman–Crippen LogP) is 3.18. The van der Waals surface area contributed by atoms with Gasteiger partial charge in [0.05, 0.1) is 5.92 Å². The molecule has 0 saturated heterocycles. The Labute approximate surface area is 130 Å². The van der Waals surface area contributed by atoms with Crippen LogP contribution in [-0.4, -0.2) is 23.5 Å². The van der Waals surface area contributed by atoms with Crippen molar-refractivity contribution in [1.29, 1.82) is 0 Å². The normalized spacial score (nSPS) is 13.7. The quantitative estimate of drug-likeness (QED) is 0.775. The molecule has 5 heteroatoms. The molecule has 122 valence electrons. The first-order valence-corrected chi connectivity index (χ1v) is 7.54. The maximum Gasteiger partial charge on any atom is 0.308 e. The monoisotopic (exact) mass is 309 g/mol. The van der Waals surface area contributed by atoms with Gasteiger partial charge >= 0.3 is 5.97 Å². The summed E-state index contributed by atoms with van der Waals surface area (Å²) in [5.41, 5.74) is 0.757. The second-order valence-electron chi connectivity index (χ2n) is 6.13. The molecule has 4 nitrogen and oxygen atoms in total. The lowest BCUT2D eigenvalue weighted by molar-refractivity contribution is -0.142. The summed E-state index contributed by atoms with van der Waals surface area (Å²) in [4.78, 5) is 23.1. The van der Waals surface area contributed by atoms with Crippen LogP contribution in [0.5, 0.6) is 0 Å². The minimum atomic E-state index is -0.896. The first-order chi connectivity index (χ1) is 10.3. The molecule has 1 amide bonds. The second kappa shape index (κ2) is 8.51. The average molecular weight is 309 g/mol. The molecule has 1 aromatic carbocycles. The number of carboxylic acid groups (broad SMARTS) is 1. The largest absolute Gasteiger partial charge is 0.481 e. The molecular weight excluding hydrogens is 285 g/mol. The van der Waals surface area contributed by atoms with Crippen LogP contribution in [0.1, 0.15) is 45.1 Å². The molecule has 0 aromatic heterocycles. The minimum absolute atomic E-state index is 0.121. The van der Waals surface area contributed by atoms with Crippen molar-refractivity contribution in [1.82, 2.24) is 5.32 Å². The molecule has 0 aliphatic carbocycles. The van der Waals surface area contributed by atoms with E-state index in [-0.39, 0.29) is 36.5 Å². The molecule has 0 aliphatic heterocycles. The number of carboxylic acids is 1. The van der Waals surface area contributed by atoms with E-state index in [4.69, 9.17) is 5.11 Å². The Morgan fingerprint density at radius 1 is 1.27 bits per heavy atom. The van der Waals surface area contributed by atoms with Crippen molar-refractivity contribution in [2.75, 3.05) is 6.54 Å².